The van der Waals surface area contributed by atoms with E-state index >= 15 is 0 Å². The Morgan fingerprint density at radius 2 is 1.97 bits per heavy atom. The Hall–Kier alpha value is -3.34. The molecule has 1 atom stereocenters. The largest absolute Gasteiger partial charge is 0.447 e. The van der Waals surface area contributed by atoms with Gasteiger partial charge in [-0.2, -0.15) is 4.98 Å². The number of hydroxylamine groups is 2. The van der Waals surface area contributed by atoms with Gasteiger partial charge in [-0.15, -0.1) is 0 Å². The van der Waals surface area contributed by atoms with E-state index in [1.165, 1.54) is 16.0 Å². The van der Waals surface area contributed by atoms with Crippen LogP contribution in [0.4, 0.5) is 21.0 Å². The van der Waals surface area contributed by atoms with Crippen LogP contribution in [0.15, 0.2) is 24.5 Å². The van der Waals surface area contributed by atoms with E-state index in [2.05, 4.69) is 15.0 Å². The zero-order valence-electron chi connectivity index (χ0n) is 18.3. The Morgan fingerprint density at radius 3 is 2.70 bits per heavy atom. The van der Waals surface area contributed by atoms with Crippen molar-refractivity contribution in [3.05, 3.63) is 41.6 Å². The van der Waals surface area contributed by atoms with E-state index in [0.717, 1.165) is 0 Å². The molecule has 10 nitrogen and oxygen atoms in total. The number of carbonyl (C=O) groups excluding carboxylic acids is 2. The van der Waals surface area contributed by atoms with Gasteiger partial charge in [0.25, 0.3) is 0 Å². The Morgan fingerprint density at radius 1 is 1.15 bits per heavy atom. The van der Waals surface area contributed by atoms with Gasteiger partial charge in [-0.3, -0.25) is 19.5 Å². The molecular formula is C22H25FN6O4. The fraction of sp³-hybridized carbons (Fsp3) is 0.500. The van der Waals surface area contributed by atoms with Crippen molar-refractivity contribution in [1.82, 2.24) is 20.0 Å². The molecule has 2 aromatic rings. The molecule has 5 rings (SSSR count). The number of pyridine rings is 1. The summed E-state index contributed by atoms with van der Waals surface area (Å²) in [5.74, 6) is 0.349. The predicted molar refractivity (Wildman–Crippen MR) is 115 cm³/mol. The number of carbonyl (C=O) groups is 2. The van der Waals surface area contributed by atoms with E-state index in [9.17, 15) is 14.0 Å². The summed E-state index contributed by atoms with van der Waals surface area (Å²) in [4.78, 5) is 47.1. The molecule has 3 aliphatic heterocycles. The molecule has 11 heteroatoms. The zero-order valence-corrected chi connectivity index (χ0v) is 18.3. The van der Waals surface area contributed by atoms with Crippen LogP contribution in [0.25, 0.3) is 0 Å². The molecule has 0 unspecified atom stereocenters. The summed E-state index contributed by atoms with van der Waals surface area (Å²) in [7, 11) is 0. The van der Waals surface area contributed by atoms with Crippen LogP contribution in [-0.4, -0.2) is 64.9 Å². The first-order valence-corrected chi connectivity index (χ1v) is 11.1. The molecule has 0 spiro atoms. The molecule has 3 aliphatic rings. The number of ether oxygens (including phenoxy) is 1. The van der Waals surface area contributed by atoms with Crippen LogP contribution < -0.4 is 9.80 Å². The van der Waals surface area contributed by atoms with Gasteiger partial charge in [0.15, 0.2) is 0 Å². The van der Waals surface area contributed by atoms with E-state index in [-0.39, 0.29) is 23.7 Å². The fourth-order valence-corrected chi connectivity index (χ4v) is 4.44. The first-order valence-electron chi connectivity index (χ1n) is 11.1. The van der Waals surface area contributed by atoms with Crippen molar-refractivity contribution in [1.29, 1.82) is 0 Å². The Labute approximate surface area is 190 Å². The topological polar surface area (TPSA) is 101 Å². The molecule has 2 amide bonds. The summed E-state index contributed by atoms with van der Waals surface area (Å²) in [6.07, 6.45) is 4.66. The van der Waals surface area contributed by atoms with Gasteiger partial charge in [-0.25, -0.2) is 19.2 Å². The third kappa shape index (κ3) is 4.20. The van der Waals surface area contributed by atoms with Gasteiger partial charge >= 0.3 is 6.09 Å². The highest BCUT2D eigenvalue weighted by molar-refractivity contribution is 5.88. The molecule has 0 aromatic carbocycles. The second-order valence-corrected chi connectivity index (χ2v) is 8.38. The van der Waals surface area contributed by atoms with E-state index in [1.807, 2.05) is 4.90 Å². The molecule has 3 saturated heterocycles. The molecule has 174 valence electrons. The summed E-state index contributed by atoms with van der Waals surface area (Å²) in [6.45, 7) is 4.02. The number of aryl methyl sites for hydroxylation is 1. The first kappa shape index (κ1) is 21.5. The maximum Gasteiger partial charge on any atom is 0.415 e. The van der Waals surface area contributed by atoms with Crippen LogP contribution in [0.5, 0.6) is 0 Å². The number of hydrogen-bond acceptors (Lipinski definition) is 8. The van der Waals surface area contributed by atoms with Crippen molar-refractivity contribution in [3.8, 4) is 0 Å². The van der Waals surface area contributed by atoms with Gasteiger partial charge in [-0.05, 0) is 37.5 Å². The van der Waals surface area contributed by atoms with Crippen LogP contribution in [0, 0.1) is 18.7 Å². The highest BCUT2D eigenvalue weighted by Gasteiger charge is 2.37. The lowest BCUT2D eigenvalue weighted by molar-refractivity contribution is -0.182. The molecule has 2 aromatic heterocycles. The van der Waals surface area contributed by atoms with E-state index in [1.54, 1.807) is 25.4 Å². The van der Waals surface area contributed by atoms with Crippen molar-refractivity contribution >= 4 is 23.8 Å². The first-order chi connectivity index (χ1) is 16.0. The standard InChI is InChI=1S/C22H25FN6O4/c1-14-17(23)12-16(13-25-14)18-5-10-33-29(18)20(30)15-3-7-27(8-4-15)21-24-6-2-19(26-21)28-9-11-32-22(28)31/h2,6,12-13,15,18H,3-5,7-11H2,1H3/t18-/m0/s1. The van der Waals surface area contributed by atoms with Crippen molar-refractivity contribution in [2.24, 2.45) is 5.92 Å². The van der Waals surface area contributed by atoms with Crippen LogP contribution >= 0.6 is 0 Å². The Bertz CT molecular complexity index is 1060. The molecule has 0 saturated carbocycles. The highest BCUT2D eigenvalue weighted by atomic mass is 19.1. The minimum Gasteiger partial charge on any atom is -0.447 e. The number of piperidine rings is 1. The minimum absolute atomic E-state index is 0.0902. The number of hydrogen-bond donors (Lipinski definition) is 0. The minimum atomic E-state index is -0.409. The zero-order chi connectivity index (χ0) is 22.9. The van der Waals surface area contributed by atoms with E-state index < -0.39 is 6.09 Å². The maximum atomic E-state index is 14.0. The van der Waals surface area contributed by atoms with Crippen LogP contribution in [0.3, 0.4) is 0 Å². The van der Waals surface area contributed by atoms with Gasteiger partial charge in [0.2, 0.25) is 11.9 Å². The Balaban J connectivity index is 1.23. The molecule has 0 N–H and O–H groups in total. The molecular weight excluding hydrogens is 431 g/mol. The molecule has 33 heavy (non-hydrogen) atoms. The molecule has 0 aliphatic carbocycles. The summed E-state index contributed by atoms with van der Waals surface area (Å²) < 4.78 is 19.0. The van der Waals surface area contributed by atoms with Gasteiger partial charge in [-0.1, -0.05) is 0 Å². The van der Waals surface area contributed by atoms with Gasteiger partial charge < -0.3 is 9.64 Å². The lowest BCUT2D eigenvalue weighted by Gasteiger charge is -2.34. The predicted octanol–water partition coefficient (Wildman–Crippen LogP) is 2.40. The SMILES string of the molecule is Cc1ncc([C@@H]2CCON2C(=O)C2CCN(c3nccc(N4CCOC4=O)n3)CC2)cc1F. The molecule has 0 radical (unpaired) electrons. The second kappa shape index (κ2) is 8.89. The molecule has 3 fully saturated rings. The highest BCUT2D eigenvalue weighted by Crippen LogP contribution is 2.34. The number of rotatable bonds is 4. The number of cyclic esters (lactones) is 1. The monoisotopic (exact) mass is 456 g/mol. The van der Waals surface area contributed by atoms with Gasteiger partial charge in [0.05, 0.1) is 24.9 Å². The fourth-order valence-electron chi connectivity index (χ4n) is 4.44. The summed E-state index contributed by atoms with van der Waals surface area (Å²) in [5, 5.41) is 1.40. The molecule has 5 heterocycles. The van der Waals surface area contributed by atoms with Crippen molar-refractivity contribution in [2.75, 3.05) is 42.6 Å². The second-order valence-electron chi connectivity index (χ2n) is 8.38. The van der Waals surface area contributed by atoms with Crippen LogP contribution in [-0.2, 0) is 14.4 Å². The van der Waals surface area contributed by atoms with Crippen molar-refractivity contribution in [3.63, 3.8) is 0 Å². The number of aromatic nitrogens is 3. The maximum absolute atomic E-state index is 14.0. The average Bonchev–Trinajstić information content (AvgIpc) is 3.50. The average molecular weight is 456 g/mol. The smallest absolute Gasteiger partial charge is 0.415 e. The number of nitrogens with zero attached hydrogens (tertiary/aromatic N) is 6. The normalized spacial score (nSPS) is 21.6. The summed E-state index contributed by atoms with van der Waals surface area (Å²) in [6, 6.07) is 2.78. The summed E-state index contributed by atoms with van der Waals surface area (Å²) >= 11 is 0. The number of halogens is 1. The quantitative estimate of drug-likeness (QED) is 0.691. The van der Waals surface area contributed by atoms with Crippen LogP contribution in [0.2, 0.25) is 0 Å². The van der Waals surface area contributed by atoms with Crippen molar-refractivity contribution in [2.45, 2.75) is 32.2 Å². The third-order valence-electron chi connectivity index (χ3n) is 6.35. The van der Waals surface area contributed by atoms with Gasteiger partial charge in [0, 0.05) is 37.8 Å². The van der Waals surface area contributed by atoms with Crippen LogP contribution in [0.1, 0.15) is 36.6 Å². The van der Waals surface area contributed by atoms with Gasteiger partial charge in [0.1, 0.15) is 18.2 Å². The number of amides is 2. The Kier molecular flexibility index (Phi) is 5.79. The summed E-state index contributed by atoms with van der Waals surface area (Å²) in [5.41, 5.74) is 0.975. The van der Waals surface area contributed by atoms with Crippen molar-refractivity contribution < 1.29 is 23.6 Å². The lowest BCUT2D eigenvalue weighted by Crippen LogP contribution is -2.42. The lowest BCUT2D eigenvalue weighted by atomic mass is 9.95. The molecule has 0 bridgehead atoms. The number of anilines is 2. The van der Waals surface area contributed by atoms with E-state index in [0.29, 0.717) is 75.1 Å². The third-order valence-corrected chi connectivity index (χ3v) is 6.35. The van der Waals surface area contributed by atoms with E-state index in [4.69, 9.17) is 9.57 Å².